The van der Waals surface area contributed by atoms with Crippen LogP contribution in [0.4, 0.5) is 17.8 Å². The lowest BCUT2D eigenvalue weighted by Gasteiger charge is -2.14. The lowest BCUT2D eigenvalue weighted by Crippen LogP contribution is -2.20. The van der Waals surface area contributed by atoms with E-state index in [0.717, 1.165) is 11.0 Å². The third-order valence-corrected chi connectivity index (χ3v) is 3.60. The van der Waals surface area contributed by atoms with Crippen LogP contribution in [-0.2, 0) is 6.54 Å². The van der Waals surface area contributed by atoms with E-state index in [4.69, 9.17) is 5.73 Å². The number of rotatable bonds is 6. The molecule has 3 aromatic rings. The van der Waals surface area contributed by atoms with E-state index in [1.54, 1.807) is 11.8 Å². The largest absolute Gasteiger partial charge is 0.392 e. The smallest absolute Gasteiger partial charge is 0.229 e. The van der Waals surface area contributed by atoms with Crippen molar-refractivity contribution in [2.24, 2.45) is 0 Å². The quantitative estimate of drug-likeness (QED) is 0.599. The Bertz CT molecular complexity index is 874. The van der Waals surface area contributed by atoms with Crippen molar-refractivity contribution >= 4 is 28.9 Å². The van der Waals surface area contributed by atoms with E-state index >= 15 is 0 Å². The Balaban J connectivity index is 2.01. The van der Waals surface area contributed by atoms with Crippen molar-refractivity contribution in [3.05, 3.63) is 30.1 Å². The molecule has 2 aromatic heterocycles. The van der Waals surface area contributed by atoms with E-state index in [9.17, 15) is 5.11 Å². The van der Waals surface area contributed by atoms with E-state index in [1.807, 2.05) is 42.9 Å². The van der Waals surface area contributed by atoms with Gasteiger partial charge in [0.25, 0.3) is 0 Å². The van der Waals surface area contributed by atoms with Crippen molar-refractivity contribution in [2.45, 2.75) is 19.6 Å². The van der Waals surface area contributed by atoms with Crippen LogP contribution in [-0.4, -0.2) is 56.4 Å². The second-order valence-electron chi connectivity index (χ2n) is 6.04. The number of nitrogens with two attached hydrogens (primary N) is 1. The number of fused-ring (bicyclic) bond motifs is 1. The molecule has 0 aliphatic rings. The third kappa shape index (κ3) is 3.77. The van der Waals surface area contributed by atoms with Crippen molar-refractivity contribution < 1.29 is 5.11 Å². The van der Waals surface area contributed by atoms with Gasteiger partial charge in [0.15, 0.2) is 5.82 Å². The molecule has 2 heterocycles. The molecule has 1 aromatic carbocycles. The molecule has 0 saturated heterocycles. The number of nitrogens with one attached hydrogen (secondary N) is 1. The summed E-state index contributed by atoms with van der Waals surface area (Å²) in [5, 5.41) is 12.7. The van der Waals surface area contributed by atoms with Crippen LogP contribution < -0.4 is 16.0 Å². The first kappa shape index (κ1) is 16.9. The molecule has 4 N–H and O–H groups in total. The highest BCUT2D eigenvalue weighted by atomic mass is 16.3. The summed E-state index contributed by atoms with van der Waals surface area (Å²) in [5.41, 5.74) is 7.61. The highest BCUT2D eigenvalue weighted by molar-refractivity contribution is 5.78. The maximum absolute atomic E-state index is 9.55. The first-order valence-electron chi connectivity index (χ1n) is 7.99. The van der Waals surface area contributed by atoms with E-state index < -0.39 is 6.10 Å². The number of aromatic nitrogens is 5. The number of aliphatic hydroxyl groups is 1. The Labute approximate surface area is 145 Å². The number of nitrogens with zero attached hydrogens (tertiary/aromatic N) is 6. The van der Waals surface area contributed by atoms with Crippen LogP contribution in [0.25, 0.3) is 11.0 Å². The third-order valence-electron chi connectivity index (χ3n) is 3.60. The van der Waals surface area contributed by atoms with E-state index in [0.29, 0.717) is 30.8 Å². The molecule has 0 fully saturated rings. The fourth-order valence-electron chi connectivity index (χ4n) is 2.45. The maximum atomic E-state index is 9.55. The Morgan fingerprint density at radius 3 is 2.68 bits per heavy atom. The van der Waals surface area contributed by atoms with Gasteiger partial charge in [-0.05, 0) is 19.1 Å². The molecule has 9 nitrogen and oxygen atoms in total. The first-order chi connectivity index (χ1) is 11.9. The van der Waals surface area contributed by atoms with Gasteiger partial charge >= 0.3 is 0 Å². The zero-order valence-electron chi connectivity index (χ0n) is 14.5. The van der Waals surface area contributed by atoms with Gasteiger partial charge in [-0.25, -0.2) is 4.98 Å². The standard InChI is InChI=1S/C16H22N8O/c1-10(25)8-18-15-19-11-6-4-5-7-12(11)24(15)9-13-20-14(17)22-16(21-13)23(2)3/h4-7,10,25H,8-9H2,1-3H3,(H,18,19)(H2,17,20,21,22)/t10-/m1/s1. The van der Waals surface area contributed by atoms with Crippen LogP contribution in [0.1, 0.15) is 12.7 Å². The fourth-order valence-corrected chi connectivity index (χ4v) is 2.45. The monoisotopic (exact) mass is 342 g/mol. The van der Waals surface area contributed by atoms with Gasteiger partial charge in [0, 0.05) is 20.6 Å². The summed E-state index contributed by atoms with van der Waals surface area (Å²) in [4.78, 5) is 19.2. The normalized spacial score (nSPS) is 12.3. The Kier molecular flexibility index (Phi) is 4.66. The van der Waals surface area contributed by atoms with Crippen LogP contribution in [0.5, 0.6) is 0 Å². The minimum absolute atomic E-state index is 0.177. The van der Waals surface area contributed by atoms with Crippen molar-refractivity contribution in [3.63, 3.8) is 0 Å². The number of anilines is 3. The maximum Gasteiger partial charge on any atom is 0.229 e. The molecule has 25 heavy (non-hydrogen) atoms. The molecule has 0 unspecified atom stereocenters. The van der Waals surface area contributed by atoms with Crippen LogP contribution >= 0.6 is 0 Å². The number of imidazole rings is 1. The highest BCUT2D eigenvalue weighted by Gasteiger charge is 2.14. The average Bonchev–Trinajstić information content (AvgIpc) is 2.90. The lowest BCUT2D eigenvalue weighted by atomic mass is 10.3. The van der Waals surface area contributed by atoms with Gasteiger partial charge in [-0.15, -0.1) is 0 Å². The molecule has 0 amide bonds. The van der Waals surface area contributed by atoms with Crippen molar-refractivity contribution in [2.75, 3.05) is 36.6 Å². The number of aliphatic hydroxyl groups excluding tert-OH is 1. The predicted molar refractivity (Wildman–Crippen MR) is 97.6 cm³/mol. The van der Waals surface area contributed by atoms with Crippen LogP contribution in [0.3, 0.4) is 0 Å². The van der Waals surface area contributed by atoms with Crippen LogP contribution in [0.15, 0.2) is 24.3 Å². The number of hydrogen-bond donors (Lipinski definition) is 3. The van der Waals surface area contributed by atoms with E-state index in [1.165, 1.54) is 0 Å². The second kappa shape index (κ2) is 6.89. The van der Waals surface area contributed by atoms with Gasteiger partial charge in [0.05, 0.1) is 23.7 Å². The predicted octanol–water partition coefficient (Wildman–Crippen LogP) is 0.710. The zero-order valence-corrected chi connectivity index (χ0v) is 14.5. The lowest BCUT2D eigenvalue weighted by molar-refractivity contribution is 0.208. The van der Waals surface area contributed by atoms with Gasteiger partial charge in [0.2, 0.25) is 17.8 Å². The SMILES string of the molecule is C[C@@H](O)CNc1nc2ccccc2n1Cc1nc(N)nc(N(C)C)n1. The molecule has 0 aliphatic heterocycles. The average molecular weight is 342 g/mol. The van der Waals surface area contributed by atoms with Gasteiger partial charge in [-0.3, -0.25) is 0 Å². The molecular formula is C16H22N8O. The molecule has 9 heteroatoms. The zero-order chi connectivity index (χ0) is 18.0. The molecular weight excluding hydrogens is 320 g/mol. The molecule has 132 valence electrons. The molecule has 1 atom stereocenters. The number of para-hydroxylation sites is 2. The van der Waals surface area contributed by atoms with Gasteiger partial charge in [0.1, 0.15) is 0 Å². The summed E-state index contributed by atoms with van der Waals surface area (Å²) in [6.07, 6.45) is -0.485. The topological polar surface area (TPSA) is 118 Å². The Morgan fingerprint density at radius 1 is 1.20 bits per heavy atom. The fraction of sp³-hybridized carbons (Fsp3) is 0.375. The number of hydrogen-bond acceptors (Lipinski definition) is 8. The molecule has 0 spiro atoms. The van der Waals surface area contributed by atoms with Crippen LogP contribution in [0, 0.1) is 0 Å². The molecule has 0 bridgehead atoms. The number of nitrogen functional groups attached to an aromatic ring is 1. The molecule has 0 aliphatic carbocycles. The minimum Gasteiger partial charge on any atom is -0.392 e. The minimum atomic E-state index is -0.485. The first-order valence-corrected chi connectivity index (χ1v) is 7.99. The summed E-state index contributed by atoms with van der Waals surface area (Å²) in [6.45, 7) is 2.50. The summed E-state index contributed by atoms with van der Waals surface area (Å²) < 4.78 is 1.96. The van der Waals surface area contributed by atoms with Crippen LogP contribution in [0.2, 0.25) is 0 Å². The summed E-state index contributed by atoms with van der Waals surface area (Å²) >= 11 is 0. The second-order valence-corrected chi connectivity index (χ2v) is 6.04. The summed E-state index contributed by atoms with van der Waals surface area (Å²) in [5.74, 6) is 1.87. The van der Waals surface area contributed by atoms with Crippen molar-refractivity contribution in [1.82, 2.24) is 24.5 Å². The van der Waals surface area contributed by atoms with E-state index in [-0.39, 0.29) is 5.95 Å². The van der Waals surface area contributed by atoms with Gasteiger partial charge in [-0.1, -0.05) is 12.1 Å². The van der Waals surface area contributed by atoms with Gasteiger partial charge < -0.3 is 25.6 Å². The molecule has 3 rings (SSSR count). The van der Waals surface area contributed by atoms with Crippen molar-refractivity contribution in [3.8, 4) is 0 Å². The van der Waals surface area contributed by atoms with Gasteiger partial charge in [-0.2, -0.15) is 15.0 Å². The number of benzene rings is 1. The van der Waals surface area contributed by atoms with Crippen molar-refractivity contribution in [1.29, 1.82) is 0 Å². The summed E-state index contributed by atoms with van der Waals surface area (Å²) in [6, 6.07) is 7.80. The van der Waals surface area contributed by atoms with E-state index in [2.05, 4.69) is 25.3 Å². The highest BCUT2D eigenvalue weighted by Crippen LogP contribution is 2.21. The molecule has 0 saturated carbocycles. The molecule has 0 radical (unpaired) electrons. The Hall–Kier alpha value is -2.94. The Morgan fingerprint density at radius 2 is 1.96 bits per heavy atom. The summed E-state index contributed by atoms with van der Waals surface area (Å²) in [7, 11) is 3.70.